The van der Waals surface area contributed by atoms with Crippen molar-refractivity contribution >= 4 is 11.8 Å². The summed E-state index contributed by atoms with van der Waals surface area (Å²) in [5.41, 5.74) is 3.40. The molecule has 1 aliphatic rings. The minimum Gasteiger partial charge on any atom is -0.389 e. The van der Waals surface area contributed by atoms with Gasteiger partial charge in [-0.25, -0.2) is 18.3 Å². The Bertz CT molecular complexity index is 1490. The molecule has 12 heteroatoms. The zero-order chi connectivity index (χ0) is 28.4. The van der Waals surface area contributed by atoms with Crippen molar-refractivity contribution in [3.8, 4) is 16.9 Å². The molecule has 0 spiro atoms. The average Bonchev–Trinajstić information content (AvgIpc) is 3.64. The maximum atomic E-state index is 14.1. The van der Waals surface area contributed by atoms with Crippen LogP contribution in [0.2, 0.25) is 0 Å². The number of carbonyl (C=O) groups excluding carboxylic acids is 1. The number of carbonyl (C=O) groups is 1. The van der Waals surface area contributed by atoms with Crippen LogP contribution in [0, 0.1) is 18.6 Å². The van der Waals surface area contributed by atoms with Crippen LogP contribution >= 0.6 is 0 Å². The smallest absolute Gasteiger partial charge is 0.320 e. The Kier molecular flexibility index (Phi) is 7.92. The number of ether oxygens (including phenoxy) is 1. The van der Waals surface area contributed by atoms with Gasteiger partial charge in [0.15, 0.2) is 11.6 Å². The number of aliphatic hydroxyl groups excluding tert-OH is 1. The maximum absolute atomic E-state index is 14.1. The number of nitrogens with one attached hydrogen (secondary N) is 3. The van der Waals surface area contributed by atoms with E-state index in [9.17, 15) is 18.7 Å². The van der Waals surface area contributed by atoms with Crippen LogP contribution in [0.1, 0.15) is 23.6 Å². The normalized spacial score (nSPS) is 19.5. The van der Waals surface area contributed by atoms with Gasteiger partial charge >= 0.3 is 6.03 Å². The molecule has 0 bridgehead atoms. The number of rotatable bonds is 8. The number of anilines is 1. The lowest BCUT2D eigenvalue weighted by Gasteiger charge is -2.22. The van der Waals surface area contributed by atoms with Crippen LogP contribution < -0.4 is 16.0 Å². The van der Waals surface area contributed by atoms with Crippen molar-refractivity contribution in [2.75, 3.05) is 19.0 Å². The Morgan fingerprint density at radius 2 is 2.00 bits per heavy atom. The quantitative estimate of drug-likeness (QED) is 0.267. The number of aryl methyl sites for hydroxylation is 1. The highest BCUT2D eigenvalue weighted by Gasteiger charge is 2.39. The van der Waals surface area contributed by atoms with Gasteiger partial charge in [-0.2, -0.15) is 10.2 Å². The summed E-state index contributed by atoms with van der Waals surface area (Å²) < 4.78 is 36.1. The van der Waals surface area contributed by atoms with Crippen LogP contribution in [0.5, 0.6) is 0 Å². The van der Waals surface area contributed by atoms with Gasteiger partial charge in [-0.15, -0.1) is 0 Å². The van der Waals surface area contributed by atoms with E-state index in [0.29, 0.717) is 23.5 Å². The van der Waals surface area contributed by atoms with E-state index < -0.39 is 41.9 Å². The van der Waals surface area contributed by atoms with E-state index >= 15 is 0 Å². The second-order valence-electron chi connectivity index (χ2n) is 9.86. The van der Waals surface area contributed by atoms with E-state index in [4.69, 9.17) is 9.84 Å². The van der Waals surface area contributed by atoms with Crippen molar-refractivity contribution in [2.24, 2.45) is 7.05 Å². The van der Waals surface area contributed by atoms with Gasteiger partial charge in [0.25, 0.3) is 0 Å². The van der Waals surface area contributed by atoms with Crippen LogP contribution in [-0.4, -0.2) is 62.6 Å². The third-order valence-corrected chi connectivity index (χ3v) is 7.06. The summed E-state index contributed by atoms with van der Waals surface area (Å²) in [5.74, 6) is -1.49. The fraction of sp³-hybridized carbons (Fsp3) is 0.321. The molecule has 2 aromatic carbocycles. The highest BCUT2D eigenvalue weighted by molar-refractivity contribution is 5.91. The van der Waals surface area contributed by atoms with Gasteiger partial charge in [0, 0.05) is 37.5 Å². The Labute approximate surface area is 230 Å². The first-order valence-corrected chi connectivity index (χ1v) is 12.8. The molecule has 1 aliphatic heterocycles. The first kappa shape index (κ1) is 27.4. The van der Waals surface area contributed by atoms with Crippen molar-refractivity contribution in [1.29, 1.82) is 0 Å². The zero-order valence-electron chi connectivity index (χ0n) is 22.3. The largest absolute Gasteiger partial charge is 0.389 e. The van der Waals surface area contributed by atoms with Gasteiger partial charge in [0.1, 0.15) is 11.5 Å². The molecule has 0 saturated carbocycles. The molecular formula is C28H31F2N7O3. The number of aliphatic hydroxyl groups is 1. The molecule has 1 unspecified atom stereocenters. The Balaban J connectivity index is 1.43. The average molecular weight is 552 g/mol. The van der Waals surface area contributed by atoms with Crippen LogP contribution in [0.25, 0.3) is 16.9 Å². The van der Waals surface area contributed by atoms with E-state index in [-0.39, 0.29) is 6.61 Å². The number of hydrogen-bond donors (Lipinski definition) is 4. The predicted molar refractivity (Wildman–Crippen MR) is 145 cm³/mol. The van der Waals surface area contributed by atoms with Crippen LogP contribution in [0.4, 0.5) is 19.4 Å². The van der Waals surface area contributed by atoms with Gasteiger partial charge in [-0.05, 0) is 43.2 Å². The third-order valence-electron chi connectivity index (χ3n) is 7.06. The SMILES string of the molecule is COCC(O)[C@H]1C[C@@H](NC(=O)Nc2c(C)c(-c3cnn(C)c3)nn2-c2ccccc2)[C@H](c2ccc(F)c(F)c2)N1. The van der Waals surface area contributed by atoms with Crippen molar-refractivity contribution in [3.63, 3.8) is 0 Å². The summed E-state index contributed by atoms with van der Waals surface area (Å²) in [5, 5.41) is 28.7. The molecule has 1 fully saturated rings. The number of para-hydroxylation sites is 1. The Morgan fingerprint density at radius 1 is 1.23 bits per heavy atom. The summed E-state index contributed by atoms with van der Waals surface area (Å²) in [6.07, 6.45) is 3.02. The minimum atomic E-state index is -0.992. The number of halogens is 2. The van der Waals surface area contributed by atoms with Crippen molar-refractivity contribution in [1.82, 2.24) is 30.2 Å². The molecule has 4 aromatic rings. The molecule has 3 heterocycles. The Morgan fingerprint density at radius 3 is 2.67 bits per heavy atom. The molecule has 0 radical (unpaired) electrons. The number of benzene rings is 2. The fourth-order valence-electron chi connectivity index (χ4n) is 5.08. The number of urea groups is 1. The minimum absolute atomic E-state index is 0.0770. The molecule has 4 atom stereocenters. The summed E-state index contributed by atoms with van der Waals surface area (Å²) in [6.45, 7) is 1.94. The lowest BCUT2D eigenvalue weighted by Crippen LogP contribution is -2.41. The molecule has 210 valence electrons. The maximum Gasteiger partial charge on any atom is 0.320 e. The predicted octanol–water partition coefficient (Wildman–Crippen LogP) is 3.46. The van der Waals surface area contributed by atoms with Crippen molar-refractivity contribution in [2.45, 2.75) is 37.6 Å². The second-order valence-corrected chi connectivity index (χ2v) is 9.86. The van der Waals surface area contributed by atoms with Gasteiger partial charge in [-0.1, -0.05) is 24.3 Å². The molecule has 2 amide bonds. The van der Waals surface area contributed by atoms with Crippen LogP contribution in [-0.2, 0) is 11.8 Å². The number of methoxy groups -OCH3 is 1. The Hall–Kier alpha value is -4.13. The van der Waals surface area contributed by atoms with E-state index in [1.165, 1.54) is 13.2 Å². The van der Waals surface area contributed by atoms with Crippen LogP contribution in [0.15, 0.2) is 60.9 Å². The van der Waals surface area contributed by atoms with E-state index in [1.807, 2.05) is 50.5 Å². The number of hydrogen-bond acceptors (Lipinski definition) is 6. The van der Waals surface area contributed by atoms with E-state index in [2.05, 4.69) is 21.0 Å². The lowest BCUT2D eigenvalue weighted by molar-refractivity contribution is 0.0421. The highest BCUT2D eigenvalue weighted by atomic mass is 19.2. The number of amides is 2. The van der Waals surface area contributed by atoms with Gasteiger partial charge in [0.05, 0.1) is 36.7 Å². The third kappa shape index (κ3) is 5.60. The molecule has 10 nitrogen and oxygen atoms in total. The van der Waals surface area contributed by atoms with Crippen molar-refractivity contribution in [3.05, 3.63) is 83.7 Å². The lowest BCUT2D eigenvalue weighted by atomic mass is 9.99. The molecule has 0 aliphatic carbocycles. The first-order valence-electron chi connectivity index (χ1n) is 12.8. The monoisotopic (exact) mass is 551 g/mol. The van der Waals surface area contributed by atoms with E-state index in [1.54, 1.807) is 15.6 Å². The van der Waals surface area contributed by atoms with Crippen LogP contribution in [0.3, 0.4) is 0 Å². The van der Waals surface area contributed by atoms with Gasteiger partial charge in [0.2, 0.25) is 0 Å². The summed E-state index contributed by atoms with van der Waals surface area (Å²) in [7, 11) is 3.29. The molecule has 2 aromatic heterocycles. The summed E-state index contributed by atoms with van der Waals surface area (Å²) in [6, 6.07) is 10.9. The second kappa shape index (κ2) is 11.5. The molecule has 40 heavy (non-hydrogen) atoms. The number of nitrogens with zero attached hydrogens (tertiary/aromatic N) is 4. The summed E-state index contributed by atoms with van der Waals surface area (Å²) in [4.78, 5) is 13.4. The topological polar surface area (TPSA) is 118 Å². The fourth-order valence-corrected chi connectivity index (χ4v) is 5.08. The van der Waals surface area contributed by atoms with Gasteiger partial charge in [-0.3, -0.25) is 10.00 Å². The van der Waals surface area contributed by atoms with Crippen molar-refractivity contribution < 1.29 is 23.4 Å². The number of aromatic nitrogens is 4. The molecule has 1 saturated heterocycles. The first-order chi connectivity index (χ1) is 19.2. The molecular weight excluding hydrogens is 520 g/mol. The van der Waals surface area contributed by atoms with E-state index in [0.717, 1.165) is 28.9 Å². The highest BCUT2D eigenvalue weighted by Crippen LogP contribution is 2.32. The summed E-state index contributed by atoms with van der Waals surface area (Å²) >= 11 is 0. The standard InChI is InChI=1S/C28H31F2N7O3/c1-16-25(18-13-31-36(2)14-18)35-37(19-7-5-4-6-8-19)27(16)34-28(39)33-23-12-22(24(38)15-40-3)32-26(23)17-9-10-20(29)21(30)11-17/h4-11,13-14,22-24,26,32,38H,12,15H2,1-3H3,(H2,33,34,39)/t22-,23-,24?,26+/m1/s1. The molecule has 5 rings (SSSR count). The molecule has 4 N–H and O–H groups in total. The zero-order valence-corrected chi connectivity index (χ0v) is 22.3. The van der Waals surface area contributed by atoms with Gasteiger partial charge < -0.3 is 20.5 Å².